The summed E-state index contributed by atoms with van der Waals surface area (Å²) < 4.78 is 1.45. The summed E-state index contributed by atoms with van der Waals surface area (Å²) in [5.41, 5.74) is 0.586. The Kier molecular flexibility index (Phi) is 2.37. The smallest absolute Gasteiger partial charge is 0.358 e. The number of rotatable bonds is 3. The van der Waals surface area contributed by atoms with Crippen molar-refractivity contribution in [2.45, 2.75) is 19.8 Å². The Hall–Kier alpha value is -1.46. The van der Waals surface area contributed by atoms with Gasteiger partial charge in [-0.05, 0) is 11.3 Å². The van der Waals surface area contributed by atoms with Gasteiger partial charge in [-0.1, -0.05) is 13.3 Å². The third-order valence-corrected chi connectivity index (χ3v) is 1.58. The molecule has 1 aromatic rings. The van der Waals surface area contributed by atoms with Gasteiger partial charge < -0.3 is 10.1 Å². The molecule has 0 N–H and O–H groups in total. The third-order valence-electron chi connectivity index (χ3n) is 1.58. The van der Waals surface area contributed by atoms with Gasteiger partial charge in [0.2, 0.25) is 0 Å². The summed E-state index contributed by atoms with van der Waals surface area (Å²) in [6.07, 6.45) is 1.49. The Morgan fingerprint density at radius 2 is 2.33 bits per heavy atom. The van der Waals surface area contributed by atoms with Gasteiger partial charge in [0.15, 0.2) is 0 Å². The molecule has 0 radical (unpaired) electrons. The second kappa shape index (κ2) is 3.29. The van der Waals surface area contributed by atoms with Crippen LogP contribution in [0, 0.1) is 10.1 Å². The first-order valence-corrected chi connectivity index (χ1v) is 3.69. The van der Waals surface area contributed by atoms with Crippen LogP contribution in [0.25, 0.3) is 0 Å². The first-order chi connectivity index (χ1) is 5.66. The van der Waals surface area contributed by atoms with Crippen LogP contribution in [0.2, 0.25) is 0 Å². The van der Waals surface area contributed by atoms with Gasteiger partial charge in [-0.3, -0.25) is 0 Å². The molecule has 12 heavy (non-hydrogen) atoms. The number of aromatic nitrogens is 3. The molecule has 0 aromatic carbocycles. The molecule has 0 aliphatic heterocycles. The fourth-order valence-electron chi connectivity index (χ4n) is 1.02. The maximum atomic E-state index is 10.4. The molecular weight excluding hydrogens is 160 g/mol. The molecule has 6 nitrogen and oxygen atoms in total. The predicted molar refractivity (Wildman–Crippen MR) is 41.7 cm³/mol. The highest BCUT2D eigenvalue weighted by Crippen LogP contribution is 2.14. The van der Waals surface area contributed by atoms with Gasteiger partial charge in [0.25, 0.3) is 0 Å². The number of nitrogens with zero attached hydrogens (tertiary/aromatic N) is 4. The van der Waals surface area contributed by atoms with Crippen molar-refractivity contribution in [3.8, 4) is 0 Å². The Bertz CT molecular complexity index is 294. The number of aryl methyl sites for hydroxylation is 1. The van der Waals surface area contributed by atoms with Crippen LogP contribution in [0.3, 0.4) is 0 Å². The van der Waals surface area contributed by atoms with Crippen LogP contribution < -0.4 is 0 Å². The standard InChI is InChI=1S/C6H10N4O2/c1-3-4-5-6(10(11)12)7-8-9(5)2/h3-4H2,1-2H3. The lowest BCUT2D eigenvalue weighted by molar-refractivity contribution is -0.390. The molecule has 0 spiro atoms. The highest BCUT2D eigenvalue weighted by Gasteiger charge is 2.20. The number of hydrogen-bond donors (Lipinski definition) is 0. The van der Waals surface area contributed by atoms with Crippen molar-refractivity contribution in [2.24, 2.45) is 7.05 Å². The Morgan fingerprint density at radius 3 is 2.83 bits per heavy atom. The minimum absolute atomic E-state index is 0.126. The van der Waals surface area contributed by atoms with Crippen molar-refractivity contribution >= 4 is 5.82 Å². The molecule has 0 atom stereocenters. The number of hydrogen-bond acceptors (Lipinski definition) is 4. The lowest BCUT2D eigenvalue weighted by atomic mass is 10.2. The topological polar surface area (TPSA) is 73.8 Å². The van der Waals surface area contributed by atoms with Gasteiger partial charge in [0, 0.05) is 7.05 Å². The van der Waals surface area contributed by atoms with E-state index in [1.807, 2.05) is 6.92 Å². The first kappa shape index (κ1) is 8.63. The molecule has 0 bridgehead atoms. The molecule has 0 saturated heterocycles. The van der Waals surface area contributed by atoms with E-state index in [1.54, 1.807) is 7.05 Å². The van der Waals surface area contributed by atoms with Crippen LogP contribution in [0.5, 0.6) is 0 Å². The van der Waals surface area contributed by atoms with Crippen molar-refractivity contribution in [1.29, 1.82) is 0 Å². The molecule has 1 heterocycles. The SMILES string of the molecule is CCCc1c([N+](=O)[O-])nnn1C. The van der Waals surface area contributed by atoms with Gasteiger partial charge in [0.1, 0.15) is 10.8 Å². The molecule has 1 aromatic heterocycles. The monoisotopic (exact) mass is 170 g/mol. The fraction of sp³-hybridized carbons (Fsp3) is 0.667. The van der Waals surface area contributed by atoms with Crippen molar-refractivity contribution in [3.63, 3.8) is 0 Å². The zero-order chi connectivity index (χ0) is 9.14. The second-order valence-corrected chi connectivity index (χ2v) is 2.49. The van der Waals surface area contributed by atoms with E-state index in [2.05, 4.69) is 10.3 Å². The van der Waals surface area contributed by atoms with E-state index in [0.29, 0.717) is 12.1 Å². The minimum atomic E-state index is -0.502. The zero-order valence-corrected chi connectivity index (χ0v) is 7.02. The summed E-state index contributed by atoms with van der Waals surface area (Å²) in [6.45, 7) is 1.96. The second-order valence-electron chi connectivity index (χ2n) is 2.49. The van der Waals surface area contributed by atoms with Crippen LogP contribution >= 0.6 is 0 Å². The van der Waals surface area contributed by atoms with Gasteiger partial charge in [-0.15, -0.1) is 0 Å². The summed E-state index contributed by atoms with van der Waals surface area (Å²) in [4.78, 5) is 9.90. The Labute approximate surface area is 69.3 Å². The van der Waals surface area contributed by atoms with Crippen LogP contribution in [-0.2, 0) is 13.5 Å². The van der Waals surface area contributed by atoms with Crippen molar-refractivity contribution < 1.29 is 4.92 Å². The fourth-order valence-corrected chi connectivity index (χ4v) is 1.02. The molecule has 0 saturated carbocycles. The normalized spacial score (nSPS) is 10.2. The molecule has 66 valence electrons. The van der Waals surface area contributed by atoms with E-state index in [0.717, 1.165) is 6.42 Å². The lowest BCUT2D eigenvalue weighted by Crippen LogP contribution is -2.00. The van der Waals surface area contributed by atoms with E-state index in [9.17, 15) is 10.1 Å². The van der Waals surface area contributed by atoms with Crippen molar-refractivity contribution in [1.82, 2.24) is 15.0 Å². The van der Waals surface area contributed by atoms with E-state index < -0.39 is 4.92 Å². The molecule has 1 rings (SSSR count). The Morgan fingerprint density at radius 1 is 1.67 bits per heavy atom. The van der Waals surface area contributed by atoms with Gasteiger partial charge >= 0.3 is 5.82 Å². The lowest BCUT2D eigenvalue weighted by Gasteiger charge is -1.95. The quantitative estimate of drug-likeness (QED) is 0.493. The zero-order valence-electron chi connectivity index (χ0n) is 7.02. The molecule has 0 fully saturated rings. The van der Waals surface area contributed by atoms with Crippen LogP contribution in [0.4, 0.5) is 5.82 Å². The Balaban J connectivity index is 3.03. The van der Waals surface area contributed by atoms with Crippen molar-refractivity contribution in [2.75, 3.05) is 0 Å². The molecule has 0 aliphatic carbocycles. The van der Waals surface area contributed by atoms with E-state index >= 15 is 0 Å². The maximum Gasteiger partial charge on any atom is 0.413 e. The van der Waals surface area contributed by atoms with Crippen LogP contribution in [0.1, 0.15) is 19.0 Å². The predicted octanol–water partition coefficient (Wildman–Crippen LogP) is 0.676. The largest absolute Gasteiger partial charge is 0.413 e. The summed E-state index contributed by atoms with van der Waals surface area (Å²) in [5, 5.41) is 17.4. The first-order valence-electron chi connectivity index (χ1n) is 3.69. The molecule has 0 aliphatic rings. The van der Waals surface area contributed by atoms with Gasteiger partial charge in [-0.25, -0.2) is 4.68 Å². The minimum Gasteiger partial charge on any atom is -0.358 e. The number of nitro groups is 1. The van der Waals surface area contributed by atoms with E-state index in [1.165, 1.54) is 4.68 Å². The van der Waals surface area contributed by atoms with E-state index in [4.69, 9.17) is 0 Å². The highest BCUT2D eigenvalue weighted by atomic mass is 16.6. The van der Waals surface area contributed by atoms with Gasteiger partial charge in [-0.2, -0.15) is 0 Å². The third kappa shape index (κ3) is 1.41. The van der Waals surface area contributed by atoms with E-state index in [-0.39, 0.29) is 5.82 Å². The average Bonchev–Trinajstić information content (AvgIpc) is 2.34. The molecule has 6 heteroatoms. The van der Waals surface area contributed by atoms with Crippen LogP contribution in [-0.4, -0.2) is 19.9 Å². The summed E-state index contributed by atoms with van der Waals surface area (Å²) in [7, 11) is 1.66. The van der Waals surface area contributed by atoms with Gasteiger partial charge in [0.05, 0.1) is 5.21 Å². The van der Waals surface area contributed by atoms with Crippen LogP contribution in [0.15, 0.2) is 0 Å². The summed E-state index contributed by atoms with van der Waals surface area (Å²) >= 11 is 0. The molecule has 0 amide bonds. The highest BCUT2D eigenvalue weighted by molar-refractivity contribution is 5.24. The summed E-state index contributed by atoms with van der Waals surface area (Å²) in [5.74, 6) is -0.126. The molecular formula is C6H10N4O2. The summed E-state index contributed by atoms with van der Waals surface area (Å²) in [6, 6.07) is 0. The van der Waals surface area contributed by atoms with Crippen molar-refractivity contribution in [3.05, 3.63) is 15.8 Å². The molecule has 0 unspecified atom stereocenters. The average molecular weight is 170 g/mol. The maximum absolute atomic E-state index is 10.4.